The van der Waals surface area contributed by atoms with Gasteiger partial charge in [-0.2, -0.15) is 5.10 Å². The number of aliphatic carboxylic acids is 1. The summed E-state index contributed by atoms with van der Waals surface area (Å²) in [6.45, 7) is 4.45. The lowest BCUT2D eigenvalue weighted by Crippen LogP contribution is -2.35. The van der Waals surface area contributed by atoms with E-state index >= 15 is 0 Å². The van der Waals surface area contributed by atoms with Crippen LogP contribution in [0.2, 0.25) is 0 Å². The highest BCUT2D eigenvalue weighted by Gasteiger charge is 2.17. The molecule has 0 saturated heterocycles. The van der Waals surface area contributed by atoms with Crippen molar-refractivity contribution >= 4 is 11.9 Å². The van der Waals surface area contributed by atoms with Crippen LogP contribution >= 0.6 is 0 Å². The van der Waals surface area contributed by atoms with Gasteiger partial charge in [0.25, 0.3) is 5.91 Å². The summed E-state index contributed by atoms with van der Waals surface area (Å²) in [5, 5.41) is 15.5. The van der Waals surface area contributed by atoms with E-state index in [-0.39, 0.29) is 18.9 Å². The second kappa shape index (κ2) is 6.89. The third kappa shape index (κ3) is 4.36. The lowest BCUT2D eigenvalue weighted by molar-refractivity contribution is -0.139. The summed E-state index contributed by atoms with van der Waals surface area (Å²) in [4.78, 5) is 22.5. The van der Waals surface area contributed by atoms with E-state index in [2.05, 4.69) is 10.4 Å². The van der Waals surface area contributed by atoms with Crippen molar-refractivity contribution in [1.29, 1.82) is 0 Å². The molecule has 0 aliphatic heterocycles. The molecule has 1 aromatic rings. The Bertz CT molecular complexity index is 456. The monoisotopic (exact) mass is 269 g/mol. The molecule has 0 aliphatic carbocycles. The van der Waals surface area contributed by atoms with Crippen LogP contribution in [0.15, 0.2) is 6.07 Å². The normalized spacial score (nSPS) is 12.2. The SMILES string of the molecule is CCn1nc(C)cc1C(=O)NCC(CC(=O)O)OC. The van der Waals surface area contributed by atoms with Crippen molar-refractivity contribution in [2.75, 3.05) is 13.7 Å². The smallest absolute Gasteiger partial charge is 0.306 e. The third-order valence-electron chi connectivity index (χ3n) is 2.66. The van der Waals surface area contributed by atoms with Crippen LogP contribution in [0, 0.1) is 6.92 Å². The summed E-state index contributed by atoms with van der Waals surface area (Å²) in [5.74, 6) is -1.24. The van der Waals surface area contributed by atoms with E-state index in [0.717, 1.165) is 5.69 Å². The molecule has 0 aromatic carbocycles. The molecule has 0 aliphatic rings. The summed E-state index contributed by atoms with van der Waals surface area (Å²) in [7, 11) is 1.42. The number of aryl methyl sites for hydroxylation is 2. The van der Waals surface area contributed by atoms with Crippen LogP contribution in [0.25, 0.3) is 0 Å². The van der Waals surface area contributed by atoms with Crippen molar-refractivity contribution in [1.82, 2.24) is 15.1 Å². The number of nitrogens with zero attached hydrogens (tertiary/aromatic N) is 2. The third-order valence-corrected chi connectivity index (χ3v) is 2.66. The van der Waals surface area contributed by atoms with Gasteiger partial charge in [-0.15, -0.1) is 0 Å². The molecule has 1 amide bonds. The Morgan fingerprint density at radius 1 is 1.58 bits per heavy atom. The highest BCUT2D eigenvalue weighted by atomic mass is 16.5. The fourth-order valence-corrected chi connectivity index (χ4v) is 1.70. The summed E-state index contributed by atoms with van der Waals surface area (Å²) in [6, 6.07) is 1.69. The van der Waals surface area contributed by atoms with E-state index in [0.29, 0.717) is 12.2 Å². The van der Waals surface area contributed by atoms with Crippen molar-refractivity contribution in [3.63, 3.8) is 0 Å². The van der Waals surface area contributed by atoms with Crippen LogP contribution in [0.4, 0.5) is 0 Å². The molecule has 0 radical (unpaired) electrons. The van der Waals surface area contributed by atoms with Crippen LogP contribution in [0.5, 0.6) is 0 Å². The molecule has 0 fully saturated rings. The molecule has 1 rings (SSSR count). The van der Waals surface area contributed by atoms with Crippen LogP contribution in [0.3, 0.4) is 0 Å². The summed E-state index contributed by atoms with van der Waals surface area (Å²) >= 11 is 0. The molecule has 1 atom stereocenters. The fourth-order valence-electron chi connectivity index (χ4n) is 1.70. The maximum atomic E-state index is 12.0. The molecule has 106 valence electrons. The lowest BCUT2D eigenvalue weighted by Gasteiger charge is -2.14. The van der Waals surface area contributed by atoms with Gasteiger partial charge in [0.15, 0.2) is 0 Å². The number of hydrogen-bond donors (Lipinski definition) is 2. The highest BCUT2D eigenvalue weighted by Crippen LogP contribution is 2.04. The second-order valence-corrected chi connectivity index (χ2v) is 4.15. The van der Waals surface area contributed by atoms with Gasteiger partial charge in [0, 0.05) is 20.2 Å². The van der Waals surface area contributed by atoms with Crippen LogP contribution < -0.4 is 5.32 Å². The molecule has 2 N–H and O–H groups in total. The largest absolute Gasteiger partial charge is 0.481 e. The highest BCUT2D eigenvalue weighted by molar-refractivity contribution is 5.92. The van der Waals surface area contributed by atoms with Gasteiger partial charge < -0.3 is 15.2 Å². The molecule has 7 nitrogen and oxygen atoms in total. The summed E-state index contributed by atoms with van der Waals surface area (Å²) in [5.41, 5.74) is 1.23. The first-order valence-electron chi connectivity index (χ1n) is 6.05. The molecule has 0 saturated carbocycles. The quantitative estimate of drug-likeness (QED) is 0.748. The zero-order valence-corrected chi connectivity index (χ0v) is 11.3. The number of amides is 1. The van der Waals surface area contributed by atoms with Crippen molar-refractivity contribution in [3.8, 4) is 0 Å². The number of methoxy groups -OCH3 is 1. The fraction of sp³-hybridized carbons (Fsp3) is 0.583. The first-order valence-corrected chi connectivity index (χ1v) is 6.05. The zero-order chi connectivity index (χ0) is 14.4. The van der Waals surface area contributed by atoms with Crippen LogP contribution in [0.1, 0.15) is 29.5 Å². The number of aromatic nitrogens is 2. The van der Waals surface area contributed by atoms with E-state index in [1.807, 2.05) is 13.8 Å². The van der Waals surface area contributed by atoms with E-state index < -0.39 is 12.1 Å². The second-order valence-electron chi connectivity index (χ2n) is 4.15. The molecule has 1 heterocycles. The van der Waals surface area contributed by atoms with Crippen molar-refractivity contribution in [2.45, 2.75) is 32.9 Å². The van der Waals surface area contributed by atoms with Crippen molar-refractivity contribution < 1.29 is 19.4 Å². The summed E-state index contributed by atoms with van der Waals surface area (Å²) < 4.78 is 6.59. The molecule has 0 bridgehead atoms. The van der Waals surface area contributed by atoms with Gasteiger partial charge in [-0.25, -0.2) is 0 Å². The van der Waals surface area contributed by atoms with Gasteiger partial charge >= 0.3 is 5.97 Å². The topological polar surface area (TPSA) is 93.5 Å². The number of ether oxygens (including phenoxy) is 1. The number of rotatable bonds is 7. The van der Waals surface area contributed by atoms with Crippen molar-refractivity contribution in [2.24, 2.45) is 0 Å². The van der Waals surface area contributed by atoms with Crippen LogP contribution in [-0.2, 0) is 16.1 Å². The Morgan fingerprint density at radius 3 is 2.79 bits per heavy atom. The first-order chi connectivity index (χ1) is 8.97. The number of hydrogen-bond acceptors (Lipinski definition) is 4. The number of nitrogens with one attached hydrogen (secondary N) is 1. The lowest BCUT2D eigenvalue weighted by atomic mass is 10.2. The number of carbonyl (C=O) groups excluding carboxylic acids is 1. The molecular weight excluding hydrogens is 250 g/mol. The van der Waals surface area contributed by atoms with E-state index in [1.165, 1.54) is 7.11 Å². The van der Waals surface area contributed by atoms with Crippen molar-refractivity contribution in [3.05, 3.63) is 17.5 Å². The zero-order valence-electron chi connectivity index (χ0n) is 11.3. The van der Waals surface area contributed by atoms with Crippen LogP contribution in [-0.4, -0.2) is 46.5 Å². The molecular formula is C12H19N3O4. The van der Waals surface area contributed by atoms with Gasteiger partial charge in [-0.05, 0) is 19.9 Å². The molecule has 1 unspecified atom stereocenters. The Balaban J connectivity index is 2.61. The summed E-state index contributed by atoms with van der Waals surface area (Å²) in [6.07, 6.45) is -0.691. The average molecular weight is 269 g/mol. The molecule has 19 heavy (non-hydrogen) atoms. The Morgan fingerprint density at radius 2 is 2.26 bits per heavy atom. The standard InChI is InChI=1S/C12H19N3O4/c1-4-15-10(5-8(2)14-15)12(18)13-7-9(19-3)6-11(16)17/h5,9H,4,6-7H2,1-3H3,(H,13,18)(H,16,17). The number of carbonyl (C=O) groups is 2. The number of carboxylic acid groups (broad SMARTS) is 1. The Kier molecular flexibility index (Phi) is 5.50. The van der Waals surface area contributed by atoms with E-state index in [9.17, 15) is 9.59 Å². The predicted molar refractivity (Wildman–Crippen MR) is 68.0 cm³/mol. The molecule has 7 heteroatoms. The maximum Gasteiger partial charge on any atom is 0.306 e. The maximum absolute atomic E-state index is 12.0. The molecule has 1 aromatic heterocycles. The Labute approximate surface area is 111 Å². The first kappa shape index (κ1) is 15.2. The minimum atomic E-state index is -0.962. The molecule has 0 spiro atoms. The van der Waals surface area contributed by atoms with Gasteiger partial charge in [-0.3, -0.25) is 14.3 Å². The van der Waals surface area contributed by atoms with E-state index in [1.54, 1.807) is 10.7 Å². The minimum absolute atomic E-state index is 0.148. The Hall–Kier alpha value is -1.89. The predicted octanol–water partition coefficient (Wildman–Crippen LogP) is 0.431. The number of carboxylic acids is 1. The average Bonchev–Trinajstić information content (AvgIpc) is 2.74. The van der Waals surface area contributed by atoms with Gasteiger partial charge in [-0.1, -0.05) is 0 Å². The van der Waals surface area contributed by atoms with E-state index in [4.69, 9.17) is 9.84 Å². The van der Waals surface area contributed by atoms with Gasteiger partial charge in [0.05, 0.1) is 18.2 Å². The van der Waals surface area contributed by atoms with Gasteiger partial charge in [0.2, 0.25) is 0 Å². The minimum Gasteiger partial charge on any atom is -0.481 e. The van der Waals surface area contributed by atoms with Gasteiger partial charge in [0.1, 0.15) is 5.69 Å².